The van der Waals surface area contributed by atoms with Crippen molar-refractivity contribution in [3.05, 3.63) is 65.9 Å². The van der Waals surface area contributed by atoms with E-state index in [1.807, 2.05) is 67.5 Å². The summed E-state index contributed by atoms with van der Waals surface area (Å²) in [6.45, 7) is 0.252. The number of aromatic nitrogens is 2. The molecule has 1 aromatic heterocycles. The highest BCUT2D eigenvalue weighted by Crippen LogP contribution is 2.22. The number of nitrogens with one attached hydrogen (secondary N) is 2. The molecule has 2 N–H and O–H groups in total. The van der Waals surface area contributed by atoms with Crippen molar-refractivity contribution < 1.29 is 9.53 Å². The second kappa shape index (κ2) is 8.78. The number of rotatable bonds is 5. The van der Waals surface area contributed by atoms with Gasteiger partial charge in [0.05, 0.1) is 19.3 Å². The largest absolute Gasteiger partial charge is 0.497 e. The summed E-state index contributed by atoms with van der Waals surface area (Å²) in [6, 6.07) is 17.1. The maximum absolute atomic E-state index is 12.3. The van der Waals surface area contributed by atoms with E-state index in [4.69, 9.17) is 4.74 Å². The van der Waals surface area contributed by atoms with Crippen LogP contribution in [-0.4, -0.2) is 43.9 Å². The molecule has 3 aromatic rings. The zero-order chi connectivity index (χ0) is 19.9. The summed E-state index contributed by atoms with van der Waals surface area (Å²) in [6.07, 6.45) is 0. The molecule has 0 aliphatic heterocycles. The monoisotopic (exact) mass is 374 g/mol. The summed E-state index contributed by atoms with van der Waals surface area (Å²) in [4.78, 5) is 14.3. The van der Waals surface area contributed by atoms with Crippen LogP contribution in [0.25, 0.3) is 11.3 Å². The molecule has 6 nitrogen and oxygen atoms in total. The molecule has 6 heteroatoms. The maximum Gasteiger partial charge on any atom is 0.270 e. The minimum Gasteiger partial charge on any atom is -0.497 e. The third-order valence-electron chi connectivity index (χ3n) is 4.14. The van der Waals surface area contributed by atoms with Crippen LogP contribution in [0.5, 0.6) is 5.75 Å². The summed E-state index contributed by atoms with van der Waals surface area (Å²) in [7, 11) is 5.59. The van der Waals surface area contributed by atoms with Gasteiger partial charge in [0.15, 0.2) is 0 Å². The maximum atomic E-state index is 12.3. The SMILES string of the molecule is COc1cccc(-c2cc(C(=O)NCC#Cc3ccc(N(C)C)cc3)[nH]n2)c1. The number of hydrogen-bond donors (Lipinski definition) is 2. The number of benzene rings is 2. The summed E-state index contributed by atoms with van der Waals surface area (Å²) >= 11 is 0. The van der Waals surface area contributed by atoms with Crippen molar-refractivity contribution in [2.24, 2.45) is 0 Å². The highest BCUT2D eigenvalue weighted by molar-refractivity contribution is 5.93. The Hall–Kier alpha value is -3.72. The van der Waals surface area contributed by atoms with Gasteiger partial charge in [-0.3, -0.25) is 9.89 Å². The van der Waals surface area contributed by atoms with Crippen LogP contribution in [0.4, 0.5) is 5.69 Å². The molecular formula is C22H22N4O2. The van der Waals surface area contributed by atoms with Crippen molar-refractivity contribution in [1.29, 1.82) is 0 Å². The standard InChI is InChI=1S/C22H22N4O2/c1-26(2)18-11-9-16(10-12-18)6-5-13-23-22(27)21-15-20(24-25-21)17-7-4-8-19(14-17)28-3/h4,7-12,14-15H,13H2,1-3H3,(H,23,27)(H,24,25). The first-order chi connectivity index (χ1) is 13.6. The van der Waals surface area contributed by atoms with Gasteiger partial charge in [-0.2, -0.15) is 5.10 Å². The Balaban J connectivity index is 1.58. The average molecular weight is 374 g/mol. The van der Waals surface area contributed by atoms with Crippen LogP contribution in [0, 0.1) is 11.8 Å². The number of nitrogens with zero attached hydrogens (tertiary/aromatic N) is 2. The van der Waals surface area contributed by atoms with Crippen LogP contribution >= 0.6 is 0 Å². The normalized spacial score (nSPS) is 9.96. The summed E-state index contributed by atoms with van der Waals surface area (Å²) in [5, 5.41) is 9.73. The van der Waals surface area contributed by atoms with Gasteiger partial charge in [0.1, 0.15) is 11.4 Å². The molecular weight excluding hydrogens is 352 g/mol. The van der Waals surface area contributed by atoms with Crippen molar-refractivity contribution in [3.8, 4) is 28.8 Å². The molecule has 0 fully saturated rings. The third kappa shape index (κ3) is 4.71. The van der Waals surface area contributed by atoms with E-state index in [1.165, 1.54) is 0 Å². The van der Waals surface area contributed by atoms with Gasteiger partial charge in [0, 0.05) is 30.9 Å². The first kappa shape index (κ1) is 19.1. The predicted molar refractivity (Wildman–Crippen MR) is 111 cm³/mol. The number of aromatic amines is 1. The van der Waals surface area contributed by atoms with Crippen LogP contribution in [0.1, 0.15) is 16.1 Å². The van der Waals surface area contributed by atoms with Crippen LogP contribution in [0.2, 0.25) is 0 Å². The van der Waals surface area contributed by atoms with Crippen LogP contribution in [-0.2, 0) is 0 Å². The number of hydrogen-bond acceptors (Lipinski definition) is 4. The number of H-pyrrole nitrogens is 1. The number of anilines is 1. The van der Waals surface area contributed by atoms with E-state index < -0.39 is 0 Å². The summed E-state index contributed by atoms with van der Waals surface area (Å²) < 4.78 is 5.22. The van der Waals surface area contributed by atoms with Gasteiger partial charge in [0.25, 0.3) is 5.91 Å². The molecule has 0 unspecified atom stereocenters. The van der Waals surface area contributed by atoms with Gasteiger partial charge in [-0.15, -0.1) is 0 Å². The van der Waals surface area contributed by atoms with E-state index in [0.29, 0.717) is 11.4 Å². The number of carbonyl (C=O) groups excluding carboxylic acids is 1. The van der Waals surface area contributed by atoms with Crippen LogP contribution < -0.4 is 15.0 Å². The average Bonchev–Trinajstić information content (AvgIpc) is 3.22. The molecule has 2 aromatic carbocycles. The van der Waals surface area contributed by atoms with E-state index in [0.717, 1.165) is 22.6 Å². The molecule has 0 atom stereocenters. The molecule has 1 heterocycles. The van der Waals surface area contributed by atoms with Crippen molar-refractivity contribution >= 4 is 11.6 Å². The zero-order valence-electron chi connectivity index (χ0n) is 16.1. The van der Waals surface area contributed by atoms with E-state index in [9.17, 15) is 4.79 Å². The third-order valence-corrected chi connectivity index (χ3v) is 4.14. The van der Waals surface area contributed by atoms with Gasteiger partial charge in [-0.25, -0.2) is 0 Å². The fourth-order valence-corrected chi connectivity index (χ4v) is 2.58. The van der Waals surface area contributed by atoms with Gasteiger partial charge < -0.3 is 15.0 Å². The first-order valence-corrected chi connectivity index (χ1v) is 8.81. The van der Waals surface area contributed by atoms with Crippen LogP contribution in [0.15, 0.2) is 54.6 Å². The smallest absolute Gasteiger partial charge is 0.270 e. The predicted octanol–water partition coefficient (Wildman–Crippen LogP) is 2.93. The minimum atomic E-state index is -0.251. The van der Waals surface area contributed by atoms with Crippen molar-refractivity contribution in [2.45, 2.75) is 0 Å². The Kier molecular flexibility index (Phi) is 5.97. The molecule has 28 heavy (non-hydrogen) atoms. The molecule has 0 saturated heterocycles. The number of carbonyl (C=O) groups is 1. The Morgan fingerprint density at radius 1 is 1.18 bits per heavy atom. The summed E-state index contributed by atoms with van der Waals surface area (Å²) in [5.41, 5.74) is 3.95. The van der Waals surface area contributed by atoms with Crippen molar-refractivity contribution in [2.75, 3.05) is 32.6 Å². The number of amides is 1. The lowest BCUT2D eigenvalue weighted by Gasteiger charge is -2.11. The topological polar surface area (TPSA) is 70.2 Å². The van der Waals surface area contributed by atoms with E-state index in [1.54, 1.807) is 13.2 Å². The fraction of sp³-hybridized carbons (Fsp3) is 0.182. The minimum absolute atomic E-state index is 0.251. The molecule has 142 valence electrons. The second-order valence-corrected chi connectivity index (χ2v) is 6.32. The van der Waals surface area contributed by atoms with E-state index in [-0.39, 0.29) is 12.5 Å². The van der Waals surface area contributed by atoms with Crippen LogP contribution in [0.3, 0.4) is 0 Å². The van der Waals surface area contributed by atoms with Gasteiger partial charge >= 0.3 is 0 Å². The highest BCUT2D eigenvalue weighted by atomic mass is 16.5. The Morgan fingerprint density at radius 3 is 2.68 bits per heavy atom. The number of methoxy groups -OCH3 is 1. The highest BCUT2D eigenvalue weighted by Gasteiger charge is 2.10. The van der Waals surface area contributed by atoms with Crippen molar-refractivity contribution in [1.82, 2.24) is 15.5 Å². The first-order valence-electron chi connectivity index (χ1n) is 8.81. The lowest BCUT2D eigenvalue weighted by Crippen LogP contribution is -2.23. The van der Waals surface area contributed by atoms with Gasteiger partial charge in [-0.1, -0.05) is 24.0 Å². The molecule has 0 bridgehead atoms. The Labute approximate surface area is 164 Å². The lowest BCUT2D eigenvalue weighted by molar-refractivity contribution is 0.0953. The Morgan fingerprint density at radius 2 is 1.96 bits per heavy atom. The fourth-order valence-electron chi connectivity index (χ4n) is 2.58. The number of ether oxygens (including phenoxy) is 1. The molecule has 0 aliphatic rings. The summed E-state index contributed by atoms with van der Waals surface area (Å²) in [5.74, 6) is 6.48. The van der Waals surface area contributed by atoms with Gasteiger partial charge in [-0.05, 0) is 42.5 Å². The van der Waals surface area contributed by atoms with E-state index >= 15 is 0 Å². The molecule has 0 saturated carbocycles. The van der Waals surface area contributed by atoms with E-state index in [2.05, 4.69) is 27.4 Å². The molecule has 0 radical (unpaired) electrons. The van der Waals surface area contributed by atoms with Gasteiger partial charge in [0.2, 0.25) is 0 Å². The molecule has 0 aliphatic carbocycles. The molecule has 1 amide bonds. The molecule has 3 rings (SSSR count). The Bertz CT molecular complexity index is 1010. The second-order valence-electron chi connectivity index (χ2n) is 6.32. The quantitative estimate of drug-likeness (QED) is 0.674. The van der Waals surface area contributed by atoms with Crippen molar-refractivity contribution in [3.63, 3.8) is 0 Å². The zero-order valence-corrected chi connectivity index (χ0v) is 16.1. The molecule has 0 spiro atoms. The lowest BCUT2D eigenvalue weighted by atomic mass is 10.1.